The molecule has 2 bridgehead atoms. The van der Waals surface area contributed by atoms with Gasteiger partial charge >= 0.3 is 0 Å². The van der Waals surface area contributed by atoms with Crippen molar-refractivity contribution in [1.29, 1.82) is 0 Å². The summed E-state index contributed by atoms with van der Waals surface area (Å²) in [6, 6.07) is 9.03. The Bertz CT molecular complexity index is 1240. The summed E-state index contributed by atoms with van der Waals surface area (Å²) in [5.41, 5.74) is 4.54. The zero-order valence-corrected chi connectivity index (χ0v) is 17.4. The fourth-order valence-electron chi connectivity index (χ4n) is 4.96. The molecule has 154 valence electrons. The van der Waals surface area contributed by atoms with Gasteiger partial charge in [-0.25, -0.2) is 14.4 Å². The number of aryl methyl sites for hydroxylation is 1. The van der Waals surface area contributed by atoms with Crippen LogP contribution in [0.15, 0.2) is 36.7 Å². The second-order valence-electron chi connectivity index (χ2n) is 8.38. The molecular formula is C22H22ClFN6. The number of imidazole rings is 1. The molecule has 6 rings (SSSR count). The first-order chi connectivity index (χ1) is 14.1. The van der Waals surface area contributed by atoms with Crippen LogP contribution >= 0.6 is 12.4 Å². The molecule has 5 heterocycles. The van der Waals surface area contributed by atoms with Gasteiger partial charge in [0, 0.05) is 30.0 Å². The van der Waals surface area contributed by atoms with Gasteiger partial charge in [0.15, 0.2) is 17.3 Å². The molecule has 0 saturated carbocycles. The van der Waals surface area contributed by atoms with Crippen LogP contribution in [0.5, 0.6) is 0 Å². The summed E-state index contributed by atoms with van der Waals surface area (Å²) in [5, 5.41) is 12.4. The largest absolute Gasteiger partial charge is 0.311 e. The number of piperidine rings is 1. The zero-order valence-electron chi connectivity index (χ0n) is 16.5. The van der Waals surface area contributed by atoms with Crippen molar-refractivity contribution in [3.05, 3.63) is 53.7 Å². The van der Waals surface area contributed by atoms with Crippen LogP contribution < -0.4 is 5.32 Å². The Labute approximate surface area is 179 Å². The molecule has 4 aromatic rings. The summed E-state index contributed by atoms with van der Waals surface area (Å²) < 4.78 is 16.1. The summed E-state index contributed by atoms with van der Waals surface area (Å²) in [4.78, 5) is 8.84. The normalized spacial score (nSPS) is 23.1. The molecule has 30 heavy (non-hydrogen) atoms. The fraction of sp³-hybridized carbons (Fsp3) is 0.364. The third-order valence-corrected chi connectivity index (χ3v) is 6.31. The van der Waals surface area contributed by atoms with E-state index in [1.54, 1.807) is 16.8 Å². The van der Waals surface area contributed by atoms with Crippen molar-refractivity contribution in [3.63, 3.8) is 0 Å². The average molecular weight is 425 g/mol. The predicted octanol–water partition coefficient (Wildman–Crippen LogP) is 4.21. The van der Waals surface area contributed by atoms with Crippen LogP contribution in [-0.2, 0) is 0 Å². The molecule has 2 atom stereocenters. The number of nitrogens with zero attached hydrogens (tertiary/aromatic N) is 5. The minimum absolute atomic E-state index is 0. The van der Waals surface area contributed by atoms with E-state index < -0.39 is 5.82 Å². The van der Waals surface area contributed by atoms with E-state index in [0.29, 0.717) is 35.0 Å². The van der Waals surface area contributed by atoms with Gasteiger partial charge in [-0.05, 0) is 62.3 Å². The van der Waals surface area contributed by atoms with Gasteiger partial charge in [-0.1, -0.05) is 6.07 Å². The quantitative estimate of drug-likeness (QED) is 0.522. The van der Waals surface area contributed by atoms with E-state index in [1.807, 2.05) is 13.0 Å². The SMILES string of the molecule is Cc1cn2cc(-c3nnc4cc(C5CC6CCC(C5)N6)ccc4n3)cc(F)c2n1.Cl. The van der Waals surface area contributed by atoms with Gasteiger partial charge in [-0.15, -0.1) is 22.6 Å². The Morgan fingerprint density at radius 3 is 2.60 bits per heavy atom. The average Bonchev–Trinajstić information content (AvgIpc) is 3.28. The second-order valence-corrected chi connectivity index (χ2v) is 8.38. The third-order valence-electron chi connectivity index (χ3n) is 6.31. The Morgan fingerprint density at radius 1 is 1.00 bits per heavy atom. The molecule has 2 fully saturated rings. The van der Waals surface area contributed by atoms with Crippen LogP contribution in [0.2, 0.25) is 0 Å². The highest BCUT2D eigenvalue weighted by Crippen LogP contribution is 2.37. The van der Waals surface area contributed by atoms with Crippen LogP contribution in [0.4, 0.5) is 4.39 Å². The van der Waals surface area contributed by atoms with Crippen LogP contribution in [0.3, 0.4) is 0 Å². The number of benzene rings is 1. The molecule has 0 radical (unpaired) electrons. The molecule has 0 aliphatic carbocycles. The van der Waals surface area contributed by atoms with Crippen molar-refractivity contribution in [2.75, 3.05) is 0 Å². The lowest BCUT2D eigenvalue weighted by Crippen LogP contribution is -2.37. The maximum absolute atomic E-state index is 14.4. The third kappa shape index (κ3) is 3.22. The summed E-state index contributed by atoms with van der Waals surface area (Å²) in [5.74, 6) is 0.591. The fourth-order valence-corrected chi connectivity index (χ4v) is 4.96. The monoisotopic (exact) mass is 424 g/mol. The number of rotatable bonds is 2. The van der Waals surface area contributed by atoms with E-state index in [-0.39, 0.29) is 12.4 Å². The van der Waals surface area contributed by atoms with Gasteiger partial charge in [-0.2, -0.15) is 0 Å². The van der Waals surface area contributed by atoms with E-state index >= 15 is 0 Å². The number of fused-ring (bicyclic) bond motifs is 4. The number of hydrogen-bond donors (Lipinski definition) is 1. The molecule has 0 amide bonds. The molecule has 2 saturated heterocycles. The van der Waals surface area contributed by atoms with Crippen LogP contribution in [0.1, 0.15) is 42.9 Å². The van der Waals surface area contributed by atoms with Gasteiger partial charge < -0.3 is 9.72 Å². The van der Waals surface area contributed by atoms with Crippen molar-refractivity contribution in [2.45, 2.75) is 50.6 Å². The van der Waals surface area contributed by atoms with E-state index in [1.165, 1.54) is 37.3 Å². The molecule has 2 unspecified atom stereocenters. The van der Waals surface area contributed by atoms with Crippen molar-refractivity contribution in [2.24, 2.45) is 0 Å². The Morgan fingerprint density at radius 2 is 1.80 bits per heavy atom. The second kappa shape index (κ2) is 7.25. The number of halogens is 2. The van der Waals surface area contributed by atoms with Crippen LogP contribution in [-0.4, -0.2) is 36.6 Å². The predicted molar refractivity (Wildman–Crippen MR) is 115 cm³/mol. The highest BCUT2D eigenvalue weighted by atomic mass is 35.5. The Hall–Kier alpha value is -2.64. The first-order valence-corrected chi connectivity index (χ1v) is 10.2. The van der Waals surface area contributed by atoms with Crippen LogP contribution in [0.25, 0.3) is 28.1 Å². The molecule has 3 aromatic heterocycles. The minimum Gasteiger partial charge on any atom is -0.311 e. The minimum atomic E-state index is -0.393. The molecule has 1 aromatic carbocycles. The standard InChI is InChI=1S/C22H21FN6.ClH/c1-12-10-29-11-15(8-18(23)22(29)24-12)21-26-19-5-2-13(9-20(19)27-28-21)14-6-16-3-4-17(7-14)25-16;/h2,5,8-11,14,16-17,25H,3-4,6-7H2,1H3;1H. The van der Waals surface area contributed by atoms with Gasteiger partial charge in [0.1, 0.15) is 5.52 Å². The molecule has 6 nitrogen and oxygen atoms in total. The van der Waals surface area contributed by atoms with Gasteiger partial charge in [0.2, 0.25) is 0 Å². The molecule has 2 aliphatic rings. The van der Waals surface area contributed by atoms with E-state index in [2.05, 4.69) is 37.6 Å². The molecule has 0 spiro atoms. The number of hydrogen-bond acceptors (Lipinski definition) is 5. The maximum atomic E-state index is 14.4. The Balaban J connectivity index is 0.00000193. The van der Waals surface area contributed by atoms with Gasteiger partial charge in [0.25, 0.3) is 0 Å². The first-order valence-electron chi connectivity index (χ1n) is 10.2. The highest BCUT2D eigenvalue weighted by molar-refractivity contribution is 5.85. The van der Waals surface area contributed by atoms with E-state index in [4.69, 9.17) is 0 Å². The molecule has 2 aliphatic heterocycles. The smallest absolute Gasteiger partial charge is 0.183 e. The first kappa shape index (κ1) is 19.3. The van der Waals surface area contributed by atoms with Crippen molar-refractivity contribution >= 4 is 29.1 Å². The number of aromatic nitrogens is 5. The topological polar surface area (TPSA) is 68.0 Å². The summed E-state index contributed by atoms with van der Waals surface area (Å²) >= 11 is 0. The van der Waals surface area contributed by atoms with Crippen molar-refractivity contribution < 1.29 is 4.39 Å². The van der Waals surface area contributed by atoms with Gasteiger partial charge in [-0.3, -0.25) is 0 Å². The number of pyridine rings is 1. The summed E-state index contributed by atoms with van der Waals surface area (Å²) in [6.45, 7) is 1.84. The summed E-state index contributed by atoms with van der Waals surface area (Å²) in [6.07, 6.45) is 8.53. The van der Waals surface area contributed by atoms with Crippen molar-refractivity contribution in [3.8, 4) is 11.4 Å². The lowest BCUT2D eigenvalue weighted by molar-refractivity contribution is 0.363. The lowest BCUT2D eigenvalue weighted by Gasteiger charge is -2.29. The van der Waals surface area contributed by atoms with Crippen LogP contribution in [0, 0.1) is 12.7 Å². The van der Waals surface area contributed by atoms with Gasteiger partial charge in [0.05, 0.1) is 11.2 Å². The highest BCUT2D eigenvalue weighted by Gasteiger charge is 2.34. The van der Waals surface area contributed by atoms with E-state index in [9.17, 15) is 4.39 Å². The molecule has 1 N–H and O–H groups in total. The number of nitrogens with one attached hydrogen (secondary N) is 1. The Kier molecular flexibility index (Phi) is 4.67. The zero-order chi connectivity index (χ0) is 19.5. The molecule has 8 heteroatoms. The summed E-state index contributed by atoms with van der Waals surface area (Å²) in [7, 11) is 0. The molecular weight excluding hydrogens is 403 g/mol. The van der Waals surface area contributed by atoms with Crippen molar-refractivity contribution in [1.82, 2.24) is 29.9 Å². The maximum Gasteiger partial charge on any atom is 0.183 e. The van der Waals surface area contributed by atoms with E-state index in [0.717, 1.165) is 16.7 Å². The lowest BCUT2D eigenvalue weighted by atomic mass is 9.86.